The van der Waals surface area contributed by atoms with Gasteiger partial charge in [0.15, 0.2) is 5.82 Å². The molecule has 0 spiro atoms. The fourth-order valence-corrected chi connectivity index (χ4v) is 3.78. The number of hydrogen-bond acceptors (Lipinski definition) is 5. The summed E-state index contributed by atoms with van der Waals surface area (Å²) in [4.78, 5) is 4.72. The first-order chi connectivity index (χ1) is 12.8. The number of hydrogen-bond donors (Lipinski definition) is 1. The maximum atomic E-state index is 9.96. The highest BCUT2D eigenvalue weighted by atomic mass is 79.9. The van der Waals surface area contributed by atoms with Gasteiger partial charge in [0.05, 0.1) is 29.3 Å². The summed E-state index contributed by atoms with van der Waals surface area (Å²) >= 11 is 3.50. The van der Waals surface area contributed by atoms with Crippen LogP contribution in [0.5, 0.6) is 0 Å². The van der Waals surface area contributed by atoms with Crippen molar-refractivity contribution in [1.82, 2.24) is 19.9 Å². The minimum atomic E-state index is -0.838. The molecule has 3 aromatic rings. The average molecular weight is 431 g/mol. The molecule has 1 aliphatic rings. The van der Waals surface area contributed by atoms with Crippen LogP contribution in [0.4, 0.5) is 0 Å². The molecule has 6 nitrogen and oxygen atoms in total. The zero-order valence-electron chi connectivity index (χ0n) is 15.7. The van der Waals surface area contributed by atoms with Gasteiger partial charge in [0.2, 0.25) is 0 Å². The summed E-state index contributed by atoms with van der Waals surface area (Å²) in [6, 6.07) is 8.36. The van der Waals surface area contributed by atoms with Crippen molar-refractivity contribution in [3.8, 4) is 11.5 Å². The summed E-state index contributed by atoms with van der Waals surface area (Å²) in [5, 5.41) is 18.6. The lowest BCUT2D eigenvalue weighted by molar-refractivity contribution is 0.0577. The molecular formula is C20H23BrN4O2. The molecule has 1 fully saturated rings. The molecule has 7 heteroatoms. The molecule has 27 heavy (non-hydrogen) atoms. The average Bonchev–Trinajstić information content (AvgIpc) is 3.16. The molecule has 1 N–H and O–H groups in total. The molecule has 142 valence electrons. The van der Waals surface area contributed by atoms with Gasteiger partial charge in [-0.1, -0.05) is 33.2 Å². The summed E-state index contributed by atoms with van der Waals surface area (Å²) in [6.07, 6.45) is 5.85. The smallest absolute Gasteiger partial charge is 0.261 e. The molecule has 1 aliphatic carbocycles. The van der Waals surface area contributed by atoms with Crippen LogP contribution in [0.1, 0.15) is 45.0 Å². The van der Waals surface area contributed by atoms with E-state index >= 15 is 0 Å². The Bertz CT molecular complexity index is 938. The quantitative estimate of drug-likeness (QED) is 0.634. The Morgan fingerprint density at radius 3 is 2.56 bits per heavy atom. The molecule has 2 aromatic heterocycles. The summed E-state index contributed by atoms with van der Waals surface area (Å²) in [6.45, 7) is 6.09. The molecule has 0 unspecified atom stereocenters. The first-order valence-corrected chi connectivity index (χ1v) is 9.90. The number of halogens is 1. The number of nitrogens with zero attached hydrogens (tertiary/aromatic N) is 4. The van der Waals surface area contributed by atoms with Crippen LogP contribution in [0, 0.1) is 5.92 Å². The van der Waals surface area contributed by atoms with Gasteiger partial charge < -0.3 is 9.63 Å². The lowest BCUT2D eigenvalue weighted by Crippen LogP contribution is -2.27. The van der Waals surface area contributed by atoms with Crippen LogP contribution in [0.3, 0.4) is 0 Å². The summed E-state index contributed by atoms with van der Waals surface area (Å²) < 4.78 is 8.32. The second-order valence-corrected chi connectivity index (χ2v) is 9.06. The van der Waals surface area contributed by atoms with E-state index < -0.39 is 5.60 Å². The summed E-state index contributed by atoms with van der Waals surface area (Å²) in [5.74, 6) is 1.68. The van der Waals surface area contributed by atoms with E-state index in [1.807, 2.05) is 6.20 Å². The first-order valence-electron chi connectivity index (χ1n) is 9.11. The monoisotopic (exact) mass is 430 g/mol. The van der Waals surface area contributed by atoms with Crippen molar-refractivity contribution in [2.75, 3.05) is 0 Å². The Hall–Kier alpha value is -1.99. The van der Waals surface area contributed by atoms with Crippen molar-refractivity contribution < 1.29 is 9.63 Å². The molecule has 2 heterocycles. The van der Waals surface area contributed by atoms with Crippen LogP contribution in [-0.4, -0.2) is 30.6 Å². The molecule has 0 bridgehead atoms. The predicted octanol–water partition coefficient (Wildman–Crippen LogP) is 4.18. The lowest BCUT2D eigenvalue weighted by Gasteiger charge is -2.26. The number of aromatic nitrogens is 4. The van der Waals surface area contributed by atoms with Crippen LogP contribution in [-0.2, 0) is 12.0 Å². The Balaban J connectivity index is 1.65. The lowest BCUT2D eigenvalue weighted by atomic mass is 9.77. The van der Waals surface area contributed by atoms with E-state index in [9.17, 15) is 5.11 Å². The van der Waals surface area contributed by atoms with E-state index in [4.69, 9.17) is 9.51 Å². The molecule has 4 rings (SSSR count). The van der Waals surface area contributed by atoms with Gasteiger partial charge in [0.25, 0.3) is 5.89 Å². The highest BCUT2D eigenvalue weighted by Crippen LogP contribution is 2.50. The molecule has 0 radical (unpaired) electrons. The third-order valence-electron chi connectivity index (χ3n) is 5.16. The van der Waals surface area contributed by atoms with Gasteiger partial charge in [-0.3, -0.25) is 4.68 Å². The molecule has 1 aromatic carbocycles. The minimum absolute atomic E-state index is 0.272. The molecule has 0 amide bonds. The van der Waals surface area contributed by atoms with Crippen molar-refractivity contribution in [2.45, 2.75) is 51.2 Å². The normalized spacial score (nSPS) is 17.1. The van der Waals surface area contributed by atoms with Crippen LogP contribution >= 0.6 is 15.9 Å². The van der Waals surface area contributed by atoms with Crippen LogP contribution < -0.4 is 0 Å². The zero-order chi connectivity index (χ0) is 19.2. The van der Waals surface area contributed by atoms with Gasteiger partial charge in [-0.25, -0.2) is 0 Å². The first kappa shape index (κ1) is 18.4. The Morgan fingerprint density at radius 1 is 1.22 bits per heavy atom. The second kappa shape index (κ2) is 6.56. The summed E-state index contributed by atoms with van der Waals surface area (Å²) in [5.41, 5.74) is 0.839. The predicted molar refractivity (Wildman–Crippen MR) is 105 cm³/mol. The van der Waals surface area contributed by atoms with Crippen LogP contribution in [0.15, 0.2) is 45.7 Å². The van der Waals surface area contributed by atoms with E-state index in [1.54, 1.807) is 24.7 Å². The fourth-order valence-electron chi connectivity index (χ4n) is 3.51. The molecule has 1 atom stereocenters. The van der Waals surface area contributed by atoms with Crippen molar-refractivity contribution >= 4 is 15.9 Å². The van der Waals surface area contributed by atoms with Crippen molar-refractivity contribution in [1.29, 1.82) is 0 Å². The zero-order valence-corrected chi connectivity index (χ0v) is 17.3. The highest BCUT2D eigenvalue weighted by Gasteiger charge is 2.47. The van der Waals surface area contributed by atoms with Gasteiger partial charge in [-0.2, -0.15) is 10.1 Å². The van der Waals surface area contributed by atoms with Gasteiger partial charge in [-0.05, 0) is 57.2 Å². The topological polar surface area (TPSA) is 77.0 Å². The Kier molecular flexibility index (Phi) is 4.47. The van der Waals surface area contributed by atoms with E-state index in [1.165, 1.54) is 18.4 Å². The van der Waals surface area contributed by atoms with Crippen molar-refractivity contribution in [3.05, 3.63) is 52.5 Å². The number of rotatable bonds is 6. The van der Waals surface area contributed by atoms with Gasteiger partial charge in [0, 0.05) is 10.7 Å². The Morgan fingerprint density at radius 2 is 1.93 bits per heavy atom. The summed E-state index contributed by atoms with van der Waals surface area (Å²) in [7, 11) is 0. The standard InChI is InChI=1S/C20H23BrN4O2/c1-19(2,26)12-25-11-13(10-22-25)17-23-18(24-27-17)20(3,14-4-5-14)15-6-8-16(21)9-7-15/h6-11,14,26H,4-5,12H2,1-3H3/t20-/m1/s1. The maximum Gasteiger partial charge on any atom is 0.261 e. The van der Waals surface area contributed by atoms with Gasteiger partial charge >= 0.3 is 0 Å². The largest absolute Gasteiger partial charge is 0.389 e. The van der Waals surface area contributed by atoms with Gasteiger partial charge in [-0.15, -0.1) is 0 Å². The van der Waals surface area contributed by atoms with E-state index in [-0.39, 0.29) is 5.41 Å². The van der Waals surface area contributed by atoms with E-state index in [0.717, 1.165) is 10.0 Å². The number of benzene rings is 1. The Labute approximate surface area is 166 Å². The number of aliphatic hydroxyl groups is 1. The SMILES string of the molecule is CC(C)(O)Cn1cc(-c2nc([C@@](C)(c3ccc(Br)cc3)C3CC3)no2)cn1. The molecule has 0 aliphatic heterocycles. The van der Waals surface area contributed by atoms with E-state index in [0.29, 0.717) is 24.2 Å². The fraction of sp³-hybridized carbons (Fsp3) is 0.450. The highest BCUT2D eigenvalue weighted by molar-refractivity contribution is 9.10. The second-order valence-electron chi connectivity index (χ2n) is 8.15. The van der Waals surface area contributed by atoms with Crippen LogP contribution in [0.25, 0.3) is 11.5 Å². The third-order valence-corrected chi connectivity index (χ3v) is 5.69. The molecular weight excluding hydrogens is 408 g/mol. The molecule has 1 saturated carbocycles. The maximum absolute atomic E-state index is 9.96. The van der Waals surface area contributed by atoms with E-state index in [2.05, 4.69) is 57.4 Å². The molecule has 0 saturated heterocycles. The van der Waals surface area contributed by atoms with Gasteiger partial charge in [0.1, 0.15) is 0 Å². The van der Waals surface area contributed by atoms with Crippen molar-refractivity contribution in [2.24, 2.45) is 5.92 Å². The van der Waals surface area contributed by atoms with Crippen molar-refractivity contribution in [3.63, 3.8) is 0 Å². The third kappa shape index (κ3) is 3.71. The minimum Gasteiger partial charge on any atom is -0.389 e. The van der Waals surface area contributed by atoms with Crippen LogP contribution in [0.2, 0.25) is 0 Å².